The lowest BCUT2D eigenvalue weighted by atomic mass is 10.2. The summed E-state index contributed by atoms with van der Waals surface area (Å²) < 4.78 is 5.01. The van der Waals surface area contributed by atoms with Gasteiger partial charge in [0.2, 0.25) is 0 Å². The first-order valence-electron chi connectivity index (χ1n) is 5.77. The molecule has 94 valence electrons. The van der Waals surface area contributed by atoms with E-state index in [1.807, 2.05) is 11.9 Å². The highest BCUT2D eigenvalue weighted by Gasteiger charge is 2.25. The standard InChI is InChI=1S/C11H22N2O3/c1-12(9-11(14)15)10-4-6-13(8-10)5-3-7-16-2/h10H,3-9H2,1-2H3,(H,14,15). The zero-order valence-corrected chi connectivity index (χ0v) is 10.2. The largest absolute Gasteiger partial charge is 0.480 e. The van der Waals surface area contributed by atoms with Crippen molar-refractivity contribution in [3.05, 3.63) is 0 Å². The molecule has 1 N–H and O–H groups in total. The van der Waals surface area contributed by atoms with Gasteiger partial charge in [-0.2, -0.15) is 0 Å². The van der Waals surface area contributed by atoms with Gasteiger partial charge in [-0.3, -0.25) is 9.69 Å². The van der Waals surface area contributed by atoms with Crippen LogP contribution in [0.3, 0.4) is 0 Å². The summed E-state index contributed by atoms with van der Waals surface area (Å²) >= 11 is 0. The van der Waals surface area contributed by atoms with Crippen LogP contribution in [0, 0.1) is 0 Å². The van der Waals surface area contributed by atoms with E-state index < -0.39 is 5.97 Å². The van der Waals surface area contributed by atoms with E-state index in [1.54, 1.807) is 7.11 Å². The number of nitrogens with zero attached hydrogens (tertiary/aromatic N) is 2. The van der Waals surface area contributed by atoms with E-state index in [-0.39, 0.29) is 6.54 Å². The number of hydrogen-bond acceptors (Lipinski definition) is 4. The van der Waals surface area contributed by atoms with E-state index in [0.29, 0.717) is 6.04 Å². The van der Waals surface area contributed by atoms with Crippen molar-refractivity contribution in [1.82, 2.24) is 9.80 Å². The van der Waals surface area contributed by atoms with Gasteiger partial charge in [0.15, 0.2) is 0 Å². The highest BCUT2D eigenvalue weighted by molar-refractivity contribution is 5.69. The number of likely N-dealkylation sites (tertiary alicyclic amines) is 1. The van der Waals surface area contributed by atoms with Gasteiger partial charge in [0.25, 0.3) is 0 Å². The van der Waals surface area contributed by atoms with E-state index >= 15 is 0 Å². The molecule has 0 amide bonds. The maximum absolute atomic E-state index is 10.6. The fourth-order valence-electron chi connectivity index (χ4n) is 2.15. The molecule has 5 nitrogen and oxygen atoms in total. The van der Waals surface area contributed by atoms with Crippen LogP contribution in [-0.4, -0.2) is 73.9 Å². The Balaban J connectivity index is 2.20. The lowest BCUT2D eigenvalue weighted by Crippen LogP contribution is -2.38. The highest BCUT2D eigenvalue weighted by Crippen LogP contribution is 2.14. The second-order valence-electron chi connectivity index (χ2n) is 4.40. The van der Waals surface area contributed by atoms with Crippen molar-refractivity contribution in [2.75, 3.05) is 46.9 Å². The summed E-state index contributed by atoms with van der Waals surface area (Å²) in [5.41, 5.74) is 0. The Morgan fingerprint density at radius 1 is 1.62 bits per heavy atom. The Labute approximate surface area is 97.0 Å². The Morgan fingerprint density at radius 2 is 2.38 bits per heavy atom. The van der Waals surface area contributed by atoms with Crippen molar-refractivity contribution >= 4 is 5.97 Å². The fraction of sp³-hybridized carbons (Fsp3) is 0.909. The second kappa shape index (κ2) is 6.83. The van der Waals surface area contributed by atoms with Crippen LogP contribution in [0.5, 0.6) is 0 Å². The minimum atomic E-state index is -0.750. The summed E-state index contributed by atoms with van der Waals surface area (Å²) in [6.07, 6.45) is 2.11. The monoisotopic (exact) mass is 230 g/mol. The predicted molar refractivity (Wildman–Crippen MR) is 61.6 cm³/mol. The normalized spacial score (nSPS) is 21.8. The molecule has 0 aliphatic carbocycles. The number of carboxylic acids is 1. The molecule has 1 fully saturated rings. The van der Waals surface area contributed by atoms with Crippen molar-refractivity contribution in [2.45, 2.75) is 18.9 Å². The third kappa shape index (κ3) is 4.47. The SMILES string of the molecule is COCCCN1CCC(N(C)CC(=O)O)C1. The van der Waals surface area contributed by atoms with E-state index in [1.165, 1.54) is 0 Å². The molecule has 1 aliphatic heterocycles. The summed E-state index contributed by atoms with van der Waals surface area (Å²) in [6, 6.07) is 0.388. The molecular weight excluding hydrogens is 208 g/mol. The van der Waals surface area contributed by atoms with Crippen LogP contribution < -0.4 is 0 Å². The maximum atomic E-state index is 10.6. The van der Waals surface area contributed by atoms with Gasteiger partial charge in [-0.25, -0.2) is 0 Å². The van der Waals surface area contributed by atoms with Crippen LogP contribution in [0.25, 0.3) is 0 Å². The van der Waals surface area contributed by atoms with E-state index in [0.717, 1.165) is 39.1 Å². The van der Waals surface area contributed by atoms with Gasteiger partial charge in [-0.05, 0) is 26.4 Å². The number of carboxylic acid groups (broad SMARTS) is 1. The quantitative estimate of drug-likeness (QED) is 0.629. The maximum Gasteiger partial charge on any atom is 0.317 e. The summed E-state index contributed by atoms with van der Waals surface area (Å²) in [7, 11) is 3.60. The number of likely N-dealkylation sites (N-methyl/N-ethyl adjacent to an activating group) is 1. The third-order valence-electron chi connectivity index (χ3n) is 3.08. The van der Waals surface area contributed by atoms with E-state index in [2.05, 4.69) is 4.90 Å². The molecule has 0 bridgehead atoms. The molecule has 16 heavy (non-hydrogen) atoms. The Morgan fingerprint density at radius 3 is 3.00 bits per heavy atom. The van der Waals surface area contributed by atoms with Gasteiger partial charge < -0.3 is 14.7 Å². The summed E-state index contributed by atoms with van der Waals surface area (Å²) in [5.74, 6) is -0.750. The predicted octanol–water partition coefficient (Wildman–Crippen LogP) is 0.114. The van der Waals surface area contributed by atoms with Crippen LogP contribution in [0.1, 0.15) is 12.8 Å². The van der Waals surface area contributed by atoms with Crippen LogP contribution in [0.2, 0.25) is 0 Å². The van der Waals surface area contributed by atoms with Gasteiger partial charge in [0.1, 0.15) is 0 Å². The molecule has 1 rings (SSSR count). The average molecular weight is 230 g/mol. The van der Waals surface area contributed by atoms with E-state index in [4.69, 9.17) is 9.84 Å². The highest BCUT2D eigenvalue weighted by atomic mass is 16.5. The number of methoxy groups -OCH3 is 1. The van der Waals surface area contributed by atoms with Gasteiger partial charge in [-0.1, -0.05) is 0 Å². The minimum Gasteiger partial charge on any atom is -0.480 e. The van der Waals surface area contributed by atoms with Crippen molar-refractivity contribution in [3.8, 4) is 0 Å². The molecule has 0 spiro atoms. The summed E-state index contributed by atoms with van der Waals surface area (Å²) in [4.78, 5) is 14.9. The van der Waals surface area contributed by atoms with Crippen LogP contribution in [-0.2, 0) is 9.53 Å². The van der Waals surface area contributed by atoms with Crippen LogP contribution in [0.15, 0.2) is 0 Å². The van der Waals surface area contributed by atoms with Crippen molar-refractivity contribution in [3.63, 3.8) is 0 Å². The molecule has 0 saturated carbocycles. The molecule has 1 aliphatic rings. The first-order chi connectivity index (χ1) is 7.63. The fourth-order valence-corrected chi connectivity index (χ4v) is 2.15. The number of aliphatic carboxylic acids is 1. The molecule has 0 aromatic heterocycles. The Kier molecular flexibility index (Phi) is 5.73. The summed E-state index contributed by atoms with van der Waals surface area (Å²) in [6.45, 7) is 4.03. The minimum absolute atomic E-state index is 0.135. The molecule has 5 heteroatoms. The Hall–Kier alpha value is -0.650. The lowest BCUT2D eigenvalue weighted by molar-refractivity contribution is -0.138. The number of carbonyl (C=O) groups is 1. The molecule has 1 heterocycles. The molecule has 0 aromatic rings. The topological polar surface area (TPSA) is 53.0 Å². The molecule has 0 radical (unpaired) electrons. The second-order valence-corrected chi connectivity index (χ2v) is 4.40. The molecule has 1 unspecified atom stereocenters. The molecule has 1 saturated heterocycles. The molecule has 0 aromatic carbocycles. The van der Waals surface area contributed by atoms with Crippen LogP contribution >= 0.6 is 0 Å². The zero-order chi connectivity index (χ0) is 12.0. The Bertz CT molecular complexity index is 223. The molecule has 1 atom stereocenters. The smallest absolute Gasteiger partial charge is 0.317 e. The number of ether oxygens (including phenoxy) is 1. The van der Waals surface area contributed by atoms with Gasteiger partial charge >= 0.3 is 5.97 Å². The zero-order valence-electron chi connectivity index (χ0n) is 10.2. The number of hydrogen-bond donors (Lipinski definition) is 1. The van der Waals surface area contributed by atoms with Gasteiger partial charge in [0, 0.05) is 32.8 Å². The van der Waals surface area contributed by atoms with Crippen molar-refractivity contribution in [2.24, 2.45) is 0 Å². The average Bonchev–Trinajstić information content (AvgIpc) is 2.66. The first-order valence-corrected chi connectivity index (χ1v) is 5.77. The summed E-state index contributed by atoms with van der Waals surface area (Å²) in [5, 5.41) is 8.71. The van der Waals surface area contributed by atoms with E-state index in [9.17, 15) is 4.79 Å². The van der Waals surface area contributed by atoms with Gasteiger partial charge in [-0.15, -0.1) is 0 Å². The number of rotatable bonds is 7. The lowest BCUT2D eigenvalue weighted by Gasteiger charge is -2.22. The molecular formula is C11H22N2O3. The third-order valence-corrected chi connectivity index (χ3v) is 3.08. The first kappa shape index (κ1) is 13.4. The van der Waals surface area contributed by atoms with Crippen LogP contribution in [0.4, 0.5) is 0 Å². The van der Waals surface area contributed by atoms with Crippen molar-refractivity contribution in [1.29, 1.82) is 0 Å². The van der Waals surface area contributed by atoms with Gasteiger partial charge in [0.05, 0.1) is 6.54 Å². The van der Waals surface area contributed by atoms with Crippen molar-refractivity contribution < 1.29 is 14.6 Å².